The van der Waals surface area contributed by atoms with E-state index in [2.05, 4.69) is 60.7 Å². The molecule has 92 valence electrons. The van der Waals surface area contributed by atoms with Crippen molar-refractivity contribution in [3.8, 4) is 0 Å². The minimum atomic E-state index is 0.627. The van der Waals surface area contributed by atoms with Crippen LogP contribution in [0, 0.1) is 12.8 Å². The number of aryl methyl sites for hydroxylation is 1. The largest absolute Gasteiger partial charge is 0.330 e. The second kappa shape index (κ2) is 4.13. The Morgan fingerprint density at radius 1 is 1.22 bits per heavy atom. The van der Waals surface area contributed by atoms with Crippen molar-refractivity contribution in [1.82, 2.24) is 9.55 Å². The molecule has 0 atom stereocenters. The molecule has 0 unspecified atom stereocenters. The van der Waals surface area contributed by atoms with Crippen LogP contribution < -0.4 is 0 Å². The number of nitrogens with zero attached hydrogens (tertiary/aromatic N) is 2. The molecule has 3 rings (SSSR count). The van der Waals surface area contributed by atoms with Crippen LogP contribution in [-0.4, -0.2) is 9.55 Å². The summed E-state index contributed by atoms with van der Waals surface area (Å²) in [6.45, 7) is 7.64. The first-order valence-corrected chi connectivity index (χ1v) is 6.50. The fraction of sp³-hybridized carbons (Fsp3) is 0.312. The number of benzene rings is 2. The van der Waals surface area contributed by atoms with Crippen LogP contribution in [0.5, 0.6) is 0 Å². The molecular formula is C16H18N2. The molecule has 2 heteroatoms. The Hall–Kier alpha value is -1.83. The number of hydrogen-bond donors (Lipinski definition) is 0. The van der Waals surface area contributed by atoms with Gasteiger partial charge in [-0.3, -0.25) is 0 Å². The Labute approximate surface area is 107 Å². The van der Waals surface area contributed by atoms with Crippen molar-refractivity contribution in [3.63, 3.8) is 0 Å². The SMILES string of the molecule is Cc1cc2ccccc2c2c1ncn2CC(C)C. The van der Waals surface area contributed by atoms with Gasteiger partial charge in [0.05, 0.1) is 17.4 Å². The summed E-state index contributed by atoms with van der Waals surface area (Å²) in [6.07, 6.45) is 1.98. The molecule has 1 heterocycles. The van der Waals surface area contributed by atoms with Gasteiger partial charge in [0.15, 0.2) is 0 Å². The van der Waals surface area contributed by atoms with Gasteiger partial charge in [-0.25, -0.2) is 4.98 Å². The lowest BCUT2D eigenvalue weighted by molar-refractivity contribution is 0.533. The summed E-state index contributed by atoms with van der Waals surface area (Å²) < 4.78 is 2.29. The molecule has 18 heavy (non-hydrogen) atoms. The van der Waals surface area contributed by atoms with Crippen molar-refractivity contribution in [2.45, 2.75) is 27.3 Å². The van der Waals surface area contributed by atoms with Crippen molar-refractivity contribution in [3.05, 3.63) is 42.2 Å². The van der Waals surface area contributed by atoms with Gasteiger partial charge in [-0.2, -0.15) is 0 Å². The highest BCUT2D eigenvalue weighted by molar-refractivity contribution is 6.05. The minimum Gasteiger partial charge on any atom is -0.330 e. The zero-order valence-corrected chi connectivity index (χ0v) is 11.1. The Kier molecular flexibility index (Phi) is 2.58. The molecule has 0 fully saturated rings. The maximum absolute atomic E-state index is 4.58. The van der Waals surface area contributed by atoms with E-state index in [0.29, 0.717) is 5.92 Å². The normalized spacial score (nSPS) is 11.8. The van der Waals surface area contributed by atoms with E-state index in [4.69, 9.17) is 0 Å². The third-order valence-electron chi connectivity index (χ3n) is 3.36. The van der Waals surface area contributed by atoms with E-state index < -0.39 is 0 Å². The third-order valence-corrected chi connectivity index (χ3v) is 3.36. The van der Waals surface area contributed by atoms with Crippen LogP contribution >= 0.6 is 0 Å². The van der Waals surface area contributed by atoms with E-state index in [1.54, 1.807) is 0 Å². The van der Waals surface area contributed by atoms with E-state index in [1.807, 2.05) is 6.33 Å². The van der Waals surface area contributed by atoms with Crippen LogP contribution in [0.15, 0.2) is 36.7 Å². The topological polar surface area (TPSA) is 17.8 Å². The molecule has 0 amide bonds. The average Bonchev–Trinajstić information content (AvgIpc) is 2.73. The van der Waals surface area contributed by atoms with E-state index in [0.717, 1.165) is 12.1 Å². The number of imidazole rings is 1. The lowest BCUT2D eigenvalue weighted by atomic mass is 10.0. The van der Waals surface area contributed by atoms with Gasteiger partial charge in [0, 0.05) is 11.9 Å². The fourth-order valence-electron chi connectivity index (χ4n) is 2.63. The number of aromatic nitrogens is 2. The second-order valence-electron chi connectivity index (χ2n) is 5.40. The standard InChI is InChI=1S/C16H18N2/c1-11(2)9-18-10-17-15-12(3)8-13-6-4-5-7-14(13)16(15)18/h4-8,10-11H,9H2,1-3H3. The summed E-state index contributed by atoms with van der Waals surface area (Å²) in [7, 11) is 0. The average molecular weight is 238 g/mol. The summed E-state index contributed by atoms with van der Waals surface area (Å²) >= 11 is 0. The van der Waals surface area contributed by atoms with Gasteiger partial charge in [0.2, 0.25) is 0 Å². The van der Waals surface area contributed by atoms with E-state index in [9.17, 15) is 0 Å². The first kappa shape index (κ1) is 11.3. The third kappa shape index (κ3) is 1.69. The molecule has 2 nitrogen and oxygen atoms in total. The molecule has 0 radical (unpaired) electrons. The molecule has 0 aliphatic rings. The van der Waals surface area contributed by atoms with Gasteiger partial charge in [-0.1, -0.05) is 38.1 Å². The highest BCUT2D eigenvalue weighted by Gasteiger charge is 2.10. The fourth-order valence-corrected chi connectivity index (χ4v) is 2.63. The molecular weight excluding hydrogens is 220 g/mol. The smallest absolute Gasteiger partial charge is 0.0958 e. The summed E-state index contributed by atoms with van der Waals surface area (Å²) in [5.41, 5.74) is 3.67. The number of fused-ring (bicyclic) bond motifs is 3. The quantitative estimate of drug-likeness (QED) is 0.655. The predicted molar refractivity (Wildman–Crippen MR) is 76.8 cm³/mol. The molecule has 0 saturated carbocycles. The van der Waals surface area contributed by atoms with Crippen LogP contribution in [0.4, 0.5) is 0 Å². The van der Waals surface area contributed by atoms with Gasteiger partial charge in [0.1, 0.15) is 0 Å². The maximum atomic E-state index is 4.58. The van der Waals surface area contributed by atoms with E-state index in [1.165, 1.54) is 21.9 Å². The Bertz CT molecular complexity index is 708. The first-order valence-electron chi connectivity index (χ1n) is 6.50. The summed E-state index contributed by atoms with van der Waals surface area (Å²) in [4.78, 5) is 4.58. The Balaban J connectivity index is 2.40. The molecule has 1 aromatic heterocycles. The molecule has 0 N–H and O–H groups in total. The minimum absolute atomic E-state index is 0.627. The summed E-state index contributed by atoms with van der Waals surface area (Å²) in [6, 6.07) is 10.8. The van der Waals surface area contributed by atoms with Gasteiger partial charge in [-0.05, 0) is 29.9 Å². The van der Waals surface area contributed by atoms with Crippen molar-refractivity contribution >= 4 is 21.8 Å². The van der Waals surface area contributed by atoms with Gasteiger partial charge in [0.25, 0.3) is 0 Å². The van der Waals surface area contributed by atoms with Crippen LogP contribution in [0.3, 0.4) is 0 Å². The summed E-state index contributed by atoms with van der Waals surface area (Å²) in [5.74, 6) is 0.627. The molecule has 0 bridgehead atoms. The van der Waals surface area contributed by atoms with Crippen molar-refractivity contribution in [1.29, 1.82) is 0 Å². The zero-order valence-electron chi connectivity index (χ0n) is 11.1. The van der Waals surface area contributed by atoms with Gasteiger partial charge in [-0.15, -0.1) is 0 Å². The molecule has 0 aliphatic heterocycles. The van der Waals surface area contributed by atoms with Crippen molar-refractivity contribution < 1.29 is 0 Å². The monoisotopic (exact) mass is 238 g/mol. The second-order valence-corrected chi connectivity index (χ2v) is 5.40. The van der Waals surface area contributed by atoms with Crippen LogP contribution in [0.25, 0.3) is 21.8 Å². The Morgan fingerprint density at radius 3 is 2.78 bits per heavy atom. The van der Waals surface area contributed by atoms with E-state index >= 15 is 0 Å². The number of rotatable bonds is 2. The highest BCUT2D eigenvalue weighted by atomic mass is 15.0. The Morgan fingerprint density at radius 2 is 2.00 bits per heavy atom. The van der Waals surface area contributed by atoms with Crippen molar-refractivity contribution in [2.24, 2.45) is 5.92 Å². The lowest BCUT2D eigenvalue weighted by Crippen LogP contribution is -2.03. The predicted octanol–water partition coefficient (Wildman–Crippen LogP) is 4.15. The molecule has 0 aliphatic carbocycles. The lowest BCUT2D eigenvalue weighted by Gasteiger charge is -2.10. The highest BCUT2D eigenvalue weighted by Crippen LogP contribution is 2.28. The first-order chi connectivity index (χ1) is 8.66. The molecule has 0 saturated heterocycles. The molecule has 2 aromatic carbocycles. The van der Waals surface area contributed by atoms with Crippen molar-refractivity contribution in [2.75, 3.05) is 0 Å². The van der Waals surface area contributed by atoms with Crippen LogP contribution in [-0.2, 0) is 6.54 Å². The summed E-state index contributed by atoms with van der Waals surface area (Å²) in [5, 5.41) is 2.60. The van der Waals surface area contributed by atoms with Gasteiger partial charge >= 0.3 is 0 Å². The van der Waals surface area contributed by atoms with Gasteiger partial charge < -0.3 is 4.57 Å². The molecule has 3 aromatic rings. The zero-order chi connectivity index (χ0) is 12.7. The molecule has 0 spiro atoms. The maximum Gasteiger partial charge on any atom is 0.0958 e. The van der Waals surface area contributed by atoms with Crippen LogP contribution in [0.1, 0.15) is 19.4 Å². The van der Waals surface area contributed by atoms with E-state index in [-0.39, 0.29) is 0 Å². The van der Waals surface area contributed by atoms with Crippen LogP contribution in [0.2, 0.25) is 0 Å². The number of hydrogen-bond acceptors (Lipinski definition) is 1.